The van der Waals surface area contributed by atoms with Crippen LogP contribution in [0.4, 0.5) is 5.82 Å². The predicted molar refractivity (Wildman–Crippen MR) is 110 cm³/mol. The van der Waals surface area contributed by atoms with E-state index in [1.165, 1.54) is 4.90 Å². The SMILES string of the molecule is CN1CCC(O)(c2cc(-c3cccc(-c4ccc5c(n4)c(N)nn5C)c3)no2)C1=O. The zero-order valence-electron chi connectivity index (χ0n) is 16.5. The van der Waals surface area contributed by atoms with Crippen molar-refractivity contribution in [3.05, 3.63) is 48.2 Å². The Hall–Kier alpha value is -3.72. The van der Waals surface area contributed by atoms with Crippen molar-refractivity contribution in [1.82, 2.24) is 24.8 Å². The van der Waals surface area contributed by atoms with Gasteiger partial charge in [-0.2, -0.15) is 5.10 Å². The maximum Gasteiger partial charge on any atom is 0.262 e. The van der Waals surface area contributed by atoms with E-state index in [1.807, 2.05) is 43.4 Å². The molecule has 9 nitrogen and oxygen atoms in total. The zero-order valence-corrected chi connectivity index (χ0v) is 16.5. The summed E-state index contributed by atoms with van der Waals surface area (Å²) in [6.07, 6.45) is 0.271. The molecule has 9 heteroatoms. The standard InChI is InChI=1S/C21H20N6O3/c1-26-9-8-21(29,20(26)28)17-11-15(25-30-17)13-5-3-4-12(10-13)14-6-7-16-18(23-14)19(22)24-27(16)2/h3-7,10-11,29H,8-9H2,1-2H3,(H2,22,24). The van der Waals surface area contributed by atoms with Crippen LogP contribution in [-0.4, -0.2) is 49.4 Å². The van der Waals surface area contributed by atoms with E-state index < -0.39 is 5.60 Å². The highest BCUT2D eigenvalue weighted by molar-refractivity contribution is 5.88. The van der Waals surface area contributed by atoms with Gasteiger partial charge in [0.15, 0.2) is 11.6 Å². The Balaban J connectivity index is 1.51. The molecule has 1 fully saturated rings. The van der Waals surface area contributed by atoms with E-state index in [0.29, 0.717) is 23.6 Å². The van der Waals surface area contributed by atoms with Crippen LogP contribution in [0.5, 0.6) is 0 Å². The highest BCUT2D eigenvalue weighted by atomic mass is 16.5. The Kier molecular flexibility index (Phi) is 3.90. The van der Waals surface area contributed by atoms with Gasteiger partial charge in [-0.05, 0) is 18.2 Å². The average Bonchev–Trinajstić information content (AvgIpc) is 3.43. The number of hydrogen-bond donors (Lipinski definition) is 2. The number of nitrogens with two attached hydrogens (primary N) is 1. The number of carbonyl (C=O) groups excluding carboxylic acids is 1. The summed E-state index contributed by atoms with van der Waals surface area (Å²) in [7, 11) is 3.48. The Labute approximate surface area is 171 Å². The topological polar surface area (TPSA) is 123 Å². The highest BCUT2D eigenvalue weighted by Gasteiger charge is 2.48. The monoisotopic (exact) mass is 404 g/mol. The summed E-state index contributed by atoms with van der Waals surface area (Å²) in [5.74, 6) is 0.150. The maximum atomic E-state index is 12.3. The molecule has 4 aromatic rings. The number of fused-ring (bicyclic) bond motifs is 1. The number of nitrogen functional groups attached to an aromatic ring is 1. The van der Waals surface area contributed by atoms with Crippen molar-refractivity contribution in [3.8, 4) is 22.5 Å². The normalized spacial score (nSPS) is 19.2. The van der Waals surface area contributed by atoms with Crippen molar-refractivity contribution < 1.29 is 14.4 Å². The van der Waals surface area contributed by atoms with E-state index in [0.717, 1.165) is 22.3 Å². The predicted octanol–water partition coefficient (Wildman–Crippen LogP) is 1.92. The molecule has 30 heavy (non-hydrogen) atoms. The lowest BCUT2D eigenvalue weighted by Gasteiger charge is -2.16. The number of anilines is 1. The van der Waals surface area contributed by atoms with Crippen molar-refractivity contribution in [2.45, 2.75) is 12.0 Å². The molecule has 1 amide bonds. The minimum Gasteiger partial charge on any atom is -0.380 e. The molecule has 152 valence electrons. The first-order chi connectivity index (χ1) is 14.4. The highest BCUT2D eigenvalue weighted by Crippen LogP contribution is 2.35. The van der Waals surface area contributed by atoms with Gasteiger partial charge in [0.25, 0.3) is 5.91 Å². The van der Waals surface area contributed by atoms with Crippen LogP contribution in [0.25, 0.3) is 33.5 Å². The largest absolute Gasteiger partial charge is 0.380 e. The van der Waals surface area contributed by atoms with Crippen molar-refractivity contribution >= 4 is 22.8 Å². The van der Waals surface area contributed by atoms with E-state index in [9.17, 15) is 9.90 Å². The van der Waals surface area contributed by atoms with Gasteiger partial charge >= 0.3 is 0 Å². The van der Waals surface area contributed by atoms with Crippen LogP contribution in [0.15, 0.2) is 47.0 Å². The fourth-order valence-corrected chi connectivity index (χ4v) is 3.85. The molecule has 1 aliphatic rings. The van der Waals surface area contributed by atoms with Crippen molar-refractivity contribution in [2.24, 2.45) is 7.05 Å². The van der Waals surface area contributed by atoms with Crippen molar-refractivity contribution in [2.75, 3.05) is 19.3 Å². The van der Waals surface area contributed by atoms with E-state index in [1.54, 1.807) is 17.8 Å². The third-order valence-corrected chi connectivity index (χ3v) is 5.60. The van der Waals surface area contributed by atoms with Gasteiger partial charge in [0, 0.05) is 44.3 Å². The summed E-state index contributed by atoms with van der Waals surface area (Å²) in [4.78, 5) is 18.4. The number of aryl methyl sites for hydroxylation is 1. The van der Waals surface area contributed by atoms with E-state index in [-0.39, 0.29) is 18.1 Å². The molecule has 3 N–H and O–H groups in total. The first kappa shape index (κ1) is 18.3. The van der Waals surface area contributed by atoms with Gasteiger partial charge < -0.3 is 20.3 Å². The maximum absolute atomic E-state index is 12.3. The number of aromatic nitrogens is 4. The van der Waals surface area contributed by atoms with Crippen LogP contribution < -0.4 is 5.73 Å². The van der Waals surface area contributed by atoms with Crippen molar-refractivity contribution in [1.29, 1.82) is 0 Å². The molecule has 0 saturated carbocycles. The lowest BCUT2D eigenvalue weighted by atomic mass is 9.97. The Morgan fingerprint density at radius 1 is 1.13 bits per heavy atom. The molecular weight excluding hydrogens is 384 g/mol. The minimum atomic E-state index is -1.66. The van der Waals surface area contributed by atoms with Crippen LogP contribution in [0.2, 0.25) is 0 Å². The molecule has 3 aromatic heterocycles. The molecule has 1 saturated heterocycles. The number of pyridine rings is 1. The number of rotatable bonds is 3. The lowest BCUT2D eigenvalue weighted by Crippen LogP contribution is -2.35. The molecular formula is C21H20N6O3. The minimum absolute atomic E-state index is 0.153. The van der Waals surface area contributed by atoms with Crippen molar-refractivity contribution in [3.63, 3.8) is 0 Å². The van der Waals surface area contributed by atoms with E-state index in [4.69, 9.17) is 10.3 Å². The quantitative estimate of drug-likeness (QED) is 0.535. The summed E-state index contributed by atoms with van der Waals surface area (Å²) >= 11 is 0. The second-order valence-corrected chi connectivity index (χ2v) is 7.57. The smallest absolute Gasteiger partial charge is 0.262 e. The molecule has 4 heterocycles. The zero-order chi connectivity index (χ0) is 21.0. The molecule has 0 aliphatic carbocycles. The first-order valence-corrected chi connectivity index (χ1v) is 9.52. The molecule has 0 radical (unpaired) electrons. The lowest BCUT2D eigenvalue weighted by molar-refractivity contribution is -0.144. The number of carbonyl (C=O) groups is 1. The molecule has 5 rings (SSSR count). The molecule has 1 unspecified atom stereocenters. The summed E-state index contributed by atoms with van der Waals surface area (Å²) < 4.78 is 7.05. The van der Waals surface area contributed by atoms with Gasteiger partial charge in [-0.3, -0.25) is 9.48 Å². The molecule has 1 aromatic carbocycles. The first-order valence-electron chi connectivity index (χ1n) is 9.52. The van der Waals surface area contributed by atoms with E-state index >= 15 is 0 Å². The summed E-state index contributed by atoms with van der Waals surface area (Å²) in [5.41, 5.74) is 8.74. The Morgan fingerprint density at radius 3 is 2.63 bits per heavy atom. The van der Waals surface area contributed by atoms with Gasteiger partial charge in [-0.1, -0.05) is 23.4 Å². The molecule has 1 atom stereocenters. The number of nitrogens with zero attached hydrogens (tertiary/aromatic N) is 5. The fraction of sp³-hybridized carbons (Fsp3) is 0.238. The second-order valence-electron chi connectivity index (χ2n) is 7.57. The van der Waals surface area contributed by atoms with E-state index in [2.05, 4.69) is 15.2 Å². The number of aliphatic hydroxyl groups is 1. The summed E-state index contributed by atoms with van der Waals surface area (Å²) in [6, 6.07) is 13.1. The van der Waals surface area contributed by atoms with Gasteiger partial charge in [-0.15, -0.1) is 0 Å². The molecule has 0 spiro atoms. The fourth-order valence-electron chi connectivity index (χ4n) is 3.85. The van der Waals surface area contributed by atoms with Crippen LogP contribution in [0.1, 0.15) is 12.2 Å². The Morgan fingerprint density at radius 2 is 1.90 bits per heavy atom. The summed E-state index contributed by atoms with van der Waals surface area (Å²) in [5, 5.41) is 19.1. The Bertz CT molecular complexity index is 1290. The number of likely N-dealkylation sites (N-methyl/N-ethyl adjacent to an activating group) is 1. The van der Waals surface area contributed by atoms with Crippen LogP contribution in [0, 0.1) is 0 Å². The number of hydrogen-bond acceptors (Lipinski definition) is 7. The third-order valence-electron chi connectivity index (χ3n) is 5.60. The molecule has 0 bridgehead atoms. The van der Waals surface area contributed by atoms with Crippen LogP contribution in [-0.2, 0) is 17.4 Å². The number of amides is 1. The van der Waals surface area contributed by atoms with Gasteiger partial charge in [0.1, 0.15) is 11.2 Å². The second kappa shape index (κ2) is 6.39. The number of benzene rings is 1. The number of likely N-dealkylation sites (tertiary alicyclic amines) is 1. The van der Waals surface area contributed by atoms with Crippen LogP contribution in [0.3, 0.4) is 0 Å². The average molecular weight is 404 g/mol. The van der Waals surface area contributed by atoms with Gasteiger partial charge in [0.2, 0.25) is 5.60 Å². The summed E-state index contributed by atoms with van der Waals surface area (Å²) in [6.45, 7) is 0.465. The van der Waals surface area contributed by atoms with Gasteiger partial charge in [-0.25, -0.2) is 4.98 Å². The molecule has 1 aliphatic heterocycles. The third kappa shape index (κ3) is 2.66. The van der Waals surface area contributed by atoms with Gasteiger partial charge in [0.05, 0.1) is 11.2 Å². The van der Waals surface area contributed by atoms with Crippen LogP contribution >= 0.6 is 0 Å².